The number of carbonyl (C=O) groups is 1. The molecule has 0 radical (unpaired) electrons. The average Bonchev–Trinajstić information content (AvgIpc) is 2.74. The van der Waals surface area contributed by atoms with Crippen LogP contribution in [0.5, 0.6) is 0 Å². The average molecular weight is 317 g/mol. The van der Waals surface area contributed by atoms with Gasteiger partial charge in [0.1, 0.15) is 14.8 Å². The number of hydrogen-bond donors (Lipinski definition) is 3. The molecule has 0 aromatic carbocycles. The smallest absolute Gasteiger partial charge is 0.263 e. The number of nitrogen functional groups attached to an aromatic ring is 1. The van der Waals surface area contributed by atoms with Gasteiger partial charge >= 0.3 is 0 Å². The van der Waals surface area contributed by atoms with Crippen LogP contribution in [0.3, 0.4) is 0 Å². The zero-order valence-corrected chi connectivity index (χ0v) is 13.2. The van der Waals surface area contributed by atoms with Gasteiger partial charge in [0, 0.05) is 13.1 Å². The van der Waals surface area contributed by atoms with Crippen LogP contribution in [0.4, 0.5) is 10.7 Å². The number of thiophene rings is 1. The van der Waals surface area contributed by atoms with Crippen molar-refractivity contribution in [3.8, 4) is 0 Å². The number of hydrogen-bond acceptors (Lipinski definition) is 6. The fourth-order valence-corrected chi connectivity index (χ4v) is 4.16. The number of amides is 1. The first-order valence-electron chi connectivity index (χ1n) is 6.16. The van der Waals surface area contributed by atoms with Gasteiger partial charge in [0.15, 0.2) is 9.84 Å². The van der Waals surface area contributed by atoms with Gasteiger partial charge in [-0.2, -0.15) is 0 Å². The highest BCUT2D eigenvalue weighted by atomic mass is 32.2. The molecule has 0 unspecified atom stereocenters. The Morgan fingerprint density at radius 2 is 2.10 bits per heavy atom. The zero-order valence-electron chi connectivity index (χ0n) is 11.5. The number of sulfone groups is 1. The molecule has 1 amide bonds. The van der Waals surface area contributed by atoms with E-state index in [2.05, 4.69) is 17.2 Å². The van der Waals surface area contributed by atoms with Gasteiger partial charge in [-0.15, -0.1) is 17.9 Å². The summed E-state index contributed by atoms with van der Waals surface area (Å²) in [5, 5.41) is 5.92. The fourth-order valence-electron chi connectivity index (χ4n) is 1.57. The summed E-state index contributed by atoms with van der Waals surface area (Å²) in [5.74, 6) is -0.444. The Labute approximate surface area is 123 Å². The highest BCUT2D eigenvalue weighted by molar-refractivity contribution is 7.91. The van der Waals surface area contributed by atoms with Crippen molar-refractivity contribution in [2.24, 2.45) is 0 Å². The van der Waals surface area contributed by atoms with Gasteiger partial charge in [0.2, 0.25) is 0 Å². The lowest BCUT2D eigenvalue weighted by atomic mass is 10.3. The van der Waals surface area contributed by atoms with Crippen molar-refractivity contribution in [1.82, 2.24) is 5.32 Å². The van der Waals surface area contributed by atoms with Crippen LogP contribution in [0.1, 0.15) is 23.5 Å². The van der Waals surface area contributed by atoms with E-state index in [4.69, 9.17) is 5.73 Å². The monoisotopic (exact) mass is 317 g/mol. The molecule has 4 N–H and O–H groups in total. The first-order chi connectivity index (χ1) is 9.38. The van der Waals surface area contributed by atoms with Crippen LogP contribution in [0.15, 0.2) is 17.6 Å². The van der Waals surface area contributed by atoms with E-state index in [1.165, 1.54) is 6.92 Å². The maximum absolute atomic E-state index is 12.1. The van der Waals surface area contributed by atoms with Crippen molar-refractivity contribution in [3.63, 3.8) is 0 Å². The lowest BCUT2D eigenvalue weighted by molar-refractivity contribution is 0.0960. The summed E-state index contributed by atoms with van der Waals surface area (Å²) in [7, 11) is -3.51. The molecule has 0 aliphatic carbocycles. The highest BCUT2D eigenvalue weighted by Gasteiger charge is 2.28. The summed E-state index contributed by atoms with van der Waals surface area (Å²) in [5.41, 5.74) is 5.88. The van der Waals surface area contributed by atoms with Gasteiger partial charge in [-0.1, -0.05) is 13.0 Å². The Bertz CT molecular complexity index is 606. The Morgan fingerprint density at radius 3 is 2.60 bits per heavy atom. The van der Waals surface area contributed by atoms with Gasteiger partial charge in [0.05, 0.1) is 11.4 Å². The molecular weight excluding hydrogens is 298 g/mol. The van der Waals surface area contributed by atoms with Crippen LogP contribution in [0.25, 0.3) is 0 Å². The van der Waals surface area contributed by atoms with E-state index in [0.717, 1.165) is 11.3 Å². The summed E-state index contributed by atoms with van der Waals surface area (Å²) in [4.78, 5) is 12.1. The van der Waals surface area contributed by atoms with E-state index in [-0.39, 0.29) is 27.1 Å². The molecule has 20 heavy (non-hydrogen) atoms. The molecule has 112 valence electrons. The number of rotatable bonds is 7. The molecule has 6 nitrogen and oxygen atoms in total. The third-order valence-corrected chi connectivity index (χ3v) is 5.64. The minimum Gasteiger partial charge on any atom is -0.396 e. The summed E-state index contributed by atoms with van der Waals surface area (Å²) in [6.07, 6.45) is 1.60. The molecule has 1 rings (SSSR count). The third-order valence-electron chi connectivity index (χ3n) is 2.54. The Morgan fingerprint density at radius 1 is 1.45 bits per heavy atom. The summed E-state index contributed by atoms with van der Waals surface area (Å²) >= 11 is 1.04. The summed E-state index contributed by atoms with van der Waals surface area (Å²) in [6.45, 7) is 7.72. The third kappa shape index (κ3) is 3.31. The highest BCUT2D eigenvalue weighted by Crippen LogP contribution is 2.39. The Kier molecular flexibility index (Phi) is 5.58. The summed E-state index contributed by atoms with van der Waals surface area (Å²) < 4.78 is 24.3. The van der Waals surface area contributed by atoms with Crippen molar-refractivity contribution in [2.45, 2.75) is 18.7 Å². The van der Waals surface area contributed by atoms with Crippen molar-refractivity contribution in [1.29, 1.82) is 0 Å². The predicted molar refractivity (Wildman–Crippen MR) is 83.2 cm³/mol. The maximum Gasteiger partial charge on any atom is 0.263 e. The minimum absolute atomic E-state index is 0.00750. The standard InChI is InChI=1S/C12H19N3O3S2/c1-4-7-15-12-10(20(17,18)6-3)8(13)9(19-12)11(16)14-5-2/h4,15H,1,5-7,13H2,2-3H3,(H,14,16). The number of nitrogens with one attached hydrogen (secondary N) is 2. The molecule has 0 fully saturated rings. The second-order valence-corrected chi connectivity index (χ2v) is 7.17. The lowest BCUT2D eigenvalue weighted by Gasteiger charge is -2.06. The maximum atomic E-state index is 12.1. The van der Waals surface area contributed by atoms with E-state index in [9.17, 15) is 13.2 Å². The van der Waals surface area contributed by atoms with Crippen LogP contribution in [-0.4, -0.2) is 33.2 Å². The lowest BCUT2D eigenvalue weighted by Crippen LogP contribution is -2.22. The number of anilines is 2. The van der Waals surface area contributed by atoms with Crippen molar-refractivity contribution < 1.29 is 13.2 Å². The molecule has 8 heteroatoms. The van der Waals surface area contributed by atoms with Crippen LogP contribution in [-0.2, 0) is 9.84 Å². The molecule has 0 atom stereocenters. The van der Waals surface area contributed by atoms with Gasteiger partial charge in [-0.05, 0) is 6.92 Å². The van der Waals surface area contributed by atoms with Crippen LogP contribution in [0.2, 0.25) is 0 Å². The number of carbonyl (C=O) groups excluding carboxylic acids is 1. The van der Waals surface area contributed by atoms with E-state index in [1.807, 2.05) is 0 Å². The number of nitrogens with two attached hydrogens (primary N) is 1. The van der Waals surface area contributed by atoms with Gasteiger partial charge < -0.3 is 16.4 Å². The second-order valence-electron chi connectivity index (χ2n) is 3.94. The largest absolute Gasteiger partial charge is 0.396 e. The van der Waals surface area contributed by atoms with E-state index >= 15 is 0 Å². The van der Waals surface area contributed by atoms with Crippen LogP contribution >= 0.6 is 11.3 Å². The zero-order chi connectivity index (χ0) is 15.3. The van der Waals surface area contributed by atoms with E-state index < -0.39 is 9.84 Å². The van der Waals surface area contributed by atoms with Crippen molar-refractivity contribution in [2.75, 3.05) is 29.9 Å². The summed E-state index contributed by atoms with van der Waals surface area (Å²) in [6, 6.07) is 0. The van der Waals surface area contributed by atoms with E-state index in [0.29, 0.717) is 18.1 Å². The first-order valence-corrected chi connectivity index (χ1v) is 8.63. The molecular formula is C12H19N3O3S2. The molecule has 1 aromatic rings. The molecule has 0 saturated heterocycles. The van der Waals surface area contributed by atoms with Crippen LogP contribution in [0, 0.1) is 0 Å². The Hall–Kier alpha value is -1.54. The SMILES string of the molecule is C=CCNc1sc(C(=O)NCC)c(N)c1S(=O)(=O)CC. The van der Waals surface area contributed by atoms with Crippen molar-refractivity contribution in [3.05, 3.63) is 17.5 Å². The molecule has 0 bridgehead atoms. The van der Waals surface area contributed by atoms with Gasteiger partial charge in [0.25, 0.3) is 5.91 Å². The molecule has 0 spiro atoms. The molecule has 0 saturated carbocycles. The quantitative estimate of drug-likeness (QED) is 0.661. The van der Waals surface area contributed by atoms with Crippen LogP contribution < -0.4 is 16.4 Å². The molecule has 1 heterocycles. The first kappa shape index (κ1) is 16.5. The molecule has 1 aromatic heterocycles. The molecule has 0 aliphatic rings. The Balaban J connectivity index is 3.39. The van der Waals surface area contributed by atoms with Gasteiger partial charge in [-0.3, -0.25) is 4.79 Å². The van der Waals surface area contributed by atoms with Crippen molar-refractivity contribution >= 4 is 37.8 Å². The van der Waals surface area contributed by atoms with E-state index in [1.54, 1.807) is 13.0 Å². The predicted octanol–water partition coefficient (Wildman–Crippen LogP) is 1.47. The second kappa shape index (κ2) is 6.76. The van der Waals surface area contributed by atoms with Gasteiger partial charge in [-0.25, -0.2) is 8.42 Å². The minimum atomic E-state index is -3.51. The molecule has 0 aliphatic heterocycles. The fraction of sp³-hybridized carbons (Fsp3) is 0.417. The normalized spacial score (nSPS) is 11.1. The topological polar surface area (TPSA) is 101 Å².